The Morgan fingerprint density at radius 2 is 1.95 bits per heavy atom. The van der Waals surface area contributed by atoms with Crippen molar-refractivity contribution in [2.75, 3.05) is 6.61 Å². The maximum Gasteiger partial charge on any atom is 0.297 e. The highest BCUT2D eigenvalue weighted by atomic mass is 32.2. The van der Waals surface area contributed by atoms with Crippen LogP contribution in [0.2, 0.25) is 0 Å². The molecule has 1 aliphatic heterocycles. The van der Waals surface area contributed by atoms with E-state index in [0.717, 1.165) is 5.56 Å². The molecule has 0 aromatic heterocycles. The first-order valence-electron chi connectivity index (χ1n) is 6.15. The second kappa shape index (κ2) is 5.30. The molecule has 1 saturated heterocycles. The molecule has 1 N–H and O–H groups in total. The summed E-state index contributed by atoms with van der Waals surface area (Å²) in [5.41, 5.74) is 0.982. The van der Waals surface area contributed by atoms with Gasteiger partial charge in [0.05, 0.1) is 17.5 Å². The third kappa shape index (κ3) is 3.33. The first-order chi connectivity index (χ1) is 8.88. The summed E-state index contributed by atoms with van der Waals surface area (Å²) in [7, 11) is -3.75. The van der Waals surface area contributed by atoms with Gasteiger partial charge in [-0.05, 0) is 25.5 Å². The summed E-state index contributed by atoms with van der Waals surface area (Å²) in [5.74, 6) is -0.142. The van der Waals surface area contributed by atoms with E-state index in [2.05, 4.69) is 5.32 Å². The van der Waals surface area contributed by atoms with E-state index >= 15 is 0 Å². The molecule has 19 heavy (non-hydrogen) atoms. The highest BCUT2D eigenvalue weighted by Crippen LogP contribution is 2.18. The molecule has 5 nitrogen and oxygen atoms in total. The standard InChI is InChI=1S/C13H17NO4S/c1-9-3-5-12(6-4-9)19(16,17)18-8-11-7-10(2)13(15)14-11/h3-6,10-11H,7-8H2,1-2H3,(H,14,15)/t10-,11+/m1/s1. The summed E-state index contributed by atoms with van der Waals surface area (Å²) < 4.78 is 28.9. The molecule has 0 radical (unpaired) electrons. The fraction of sp³-hybridized carbons (Fsp3) is 0.462. The number of amides is 1. The van der Waals surface area contributed by atoms with E-state index in [1.54, 1.807) is 12.1 Å². The highest BCUT2D eigenvalue weighted by Gasteiger charge is 2.29. The number of hydrogen-bond donors (Lipinski definition) is 1. The molecule has 6 heteroatoms. The van der Waals surface area contributed by atoms with Gasteiger partial charge in [-0.1, -0.05) is 24.6 Å². The Labute approximate surface area is 113 Å². The maximum absolute atomic E-state index is 11.9. The third-order valence-corrected chi connectivity index (χ3v) is 4.46. The average Bonchev–Trinajstić information content (AvgIpc) is 2.67. The van der Waals surface area contributed by atoms with Crippen molar-refractivity contribution in [3.8, 4) is 0 Å². The molecule has 0 spiro atoms. The largest absolute Gasteiger partial charge is 0.351 e. The SMILES string of the molecule is Cc1ccc(S(=O)(=O)OC[C@@H]2C[C@@H](C)C(=O)N2)cc1. The molecule has 0 unspecified atom stereocenters. The summed E-state index contributed by atoms with van der Waals surface area (Å²) in [5, 5.41) is 2.71. The van der Waals surface area contributed by atoms with Crippen molar-refractivity contribution < 1.29 is 17.4 Å². The second-order valence-corrected chi connectivity index (χ2v) is 6.51. The van der Waals surface area contributed by atoms with Gasteiger partial charge >= 0.3 is 0 Å². The third-order valence-electron chi connectivity index (χ3n) is 3.17. The molecule has 0 bridgehead atoms. The quantitative estimate of drug-likeness (QED) is 0.843. The predicted molar refractivity (Wildman–Crippen MR) is 70.0 cm³/mol. The average molecular weight is 283 g/mol. The minimum Gasteiger partial charge on any atom is -0.351 e. The first kappa shape index (κ1) is 14.0. The Morgan fingerprint density at radius 3 is 2.47 bits per heavy atom. The van der Waals surface area contributed by atoms with Crippen LogP contribution in [-0.4, -0.2) is 27.0 Å². The van der Waals surface area contributed by atoms with Gasteiger partial charge in [-0.25, -0.2) is 0 Å². The van der Waals surface area contributed by atoms with Gasteiger partial charge in [0.1, 0.15) is 0 Å². The Balaban J connectivity index is 1.99. The monoisotopic (exact) mass is 283 g/mol. The lowest BCUT2D eigenvalue weighted by molar-refractivity contribution is -0.122. The van der Waals surface area contributed by atoms with Crippen molar-refractivity contribution in [2.45, 2.75) is 31.2 Å². The number of carbonyl (C=O) groups excluding carboxylic acids is 1. The van der Waals surface area contributed by atoms with E-state index < -0.39 is 10.1 Å². The number of hydrogen-bond acceptors (Lipinski definition) is 4. The van der Waals surface area contributed by atoms with Crippen LogP contribution in [0.3, 0.4) is 0 Å². The number of rotatable bonds is 4. The van der Waals surface area contributed by atoms with E-state index in [0.29, 0.717) is 6.42 Å². The molecule has 1 aromatic carbocycles. The van der Waals surface area contributed by atoms with Crippen molar-refractivity contribution >= 4 is 16.0 Å². The lowest BCUT2D eigenvalue weighted by Gasteiger charge is -2.11. The van der Waals surface area contributed by atoms with Crippen LogP contribution in [0.25, 0.3) is 0 Å². The van der Waals surface area contributed by atoms with Crippen LogP contribution >= 0.6 is 0 Å². The van der Waals surface area contributed by atoms with Crippen molar-refractivity contribution in [1.29, 1.82) is 0 Å². The summed E-state index contributed by atoms with van der Waals surface area (Å²) in [6.07, 6.45) is 0.599. The van der Waals surface area contributed by atoms with Crippen LogP contribution < -0.4 is 5.32 Å². The Morgan fingerprint density at radius 1 is 1.32 bits per heavy atom. The molecule has 104 valence electrons. The summed E-state index contributed by atoms with van der Waals surface area (Å²) in [6, 6.07) is 6.23. The summed E-state index contributed by atoms with van der Waals surface area (Å²) >= 11 is 0. The van der Waals surface area contributed by atoms with Crippen molar-refractivity contribution in [1.82, 2.24) is 5.32 Å². The van der Waals surface area contributed by atoms with E-state index in [1.165, 1.54) is 12.1 Å². The second-order valence-electron chi connectivity index (χ2n) is 4.89. The fourth-order valence-corrected chi connectivity index (χ4v) is 2.94. The highest BCUT2D eigenvalue weighted by molar-refractivity contribution is 7.86. The molecule has 1 fully saturated rings. The molecule has 0 aliphatic carbocycles. The Kier molecular flexibility index (Phi) is 3.91. The van der Waals surface area contributed by atoms with Crippen molar-refractivity contribution in [3.05, 3.63) is 29.8 Å². The van der Waals surface area contributed by atoms with Crippen LogP contribution in [0.5, 0.6) is 0 Å². The van der Waals surface area contributed by atoms with E-state index in [4.69, 9.17) is 4.18 Å². The van der Waals surface area contributed by atoms with Gasteiger partial charge in [-0.3, -0.25) is 8.98 Å². The molecule has 1 amide bonds. The van der Waals surface area contributed by atoms with Crippen molar-refractivity contribution in [2.24, 2.45) is 5.92 Å². The lowest BCUT2D eigenvalue weighted by Crippen LogP contribution is -2.31. The van der Waals surface area contributed by atoms with Gasteiger partial charge in [0.2, 0.25) is 5.91 Å². The van der Waals surface area contributed by atoms with E-state index in [-0.39, 0.29) is 29.4 Å². The van der Waals surface area contributed by atoms with E-state index in [1.807, 2.05) is 13.8 Å². The topological polar surface area (TPSA) is 72.5 Å². The molecular weight excluding hydrogens is 266 g/mol. The van der Waals surface area contributed by atoms with Gasteiger partial charge in [0, 0.05) is 5.92 Å². The lowest BCUT2D eigenvalue weighted by atomic mass is 10.1. The van der Waals surface area contributed by atoms with Gasteiger partial charge in [-0.2, -0.15) is 8.42 Å². The zero-order chi connectivity index (χ0) is 14.0. The first-order valence-corrected chi connectivity index (χ1v) is 7.56. The number of benzene rings is 1. The molecular formula is C13H17NO4S. The van der Waals surface area contributed by atoms with Crippen LogP contribution in [-0.2, 0) is 19.1 Å². The molecule has 1 aliphatic rings. The van der Waals surface area contributed by atoms with Gasteiger partial charge < -0.3 is 5.32 Å². The van der Waals surface area contributed by atoms with Crippen LogP contribution in [0.15, 0.2) is 29.2 Å². The smallest absolute Gasteiger partial charge is 0.297 e. The summed E-state index contributed by atoms with van der Waals surface area (Å²) in [6.45, 7) is 3.67. The molecule has 2 atom stereocenters. The minimum atomic E-state index is -3.75. The van der Waals surface area contributed by atoms with Crippen LogP contribution in [0, 0.1) is 12.8 Å². The molecule has 2 rings (SSSR count). The Hall–Kier alpha value is -1.40. The number of nitrogens with one attached hydrogen (secondary N) is 1. The Bertz CT molecular complexity index is 565. The minimum absolute atomic E-state index is 0.0215. The maximum atomic E-state index is 11.9. The van der Waals surface area contributed by atoms with Gasteiger partial charge in [0.25, 0.3) is 10.1 Å². The van der Waals surface area contributed by atoms with E-state index in [9.17, 15) is 13.2 Å². The normalized spacial score (nSPS) is 23.4. The van der Waals surface area contributed by atoms with Crippen LogP contribution in [0.4, 0.5) is 0 Å². The molecule has 1 aromatic rings. The molecule has 1 heterocycles. The molecule has 0 saturated carbocycles. The van der Waals surface area contributed by atoms with Gasteiger partial charge in [-0.15, -0.1) is 0 Å². The number of carbonyl (C=O) groups is 1. The number of aryl methyl sites for hydroxylation is 1. The van der Waals surface area contributed by atoms with Crippen molar-refractivity contribution in [3.63, 3.8) is 0 Å². The fourth-order valence-electron chi connectivity index (χ4n) is 1.99. The predicted octanol–water partition coefficient (Wildman–Crippen LogP) is 1.22. The van der Waals surface area contributed by atoms with Gasteiger partial charge in [0.15, 0.2) is 0 Å². The zero-order valence-corrected chi connectivity index (χ0v) is 11.7. The van der Waals surface area contributed by atoms with Crippen LogP contribution in [0.1, 0.15) is 18.9 Å². The zero-order valence-electron chi connectivity index (χ0n) is 10.9. The summed E-state index contributed by atoms with van der Waals surface area (Å²) in [4.78, 5) is 11.4.